The maximum absolute atomic E-state index is 11.8. The lowest BCUT2D eigenvalue weighted by Crippen LogP contribution is -2.43. The van der Waals surface area contributed by atoms with E-state index in [1.807, 2.05) is 0 Å². The highest BCUT2D eigenvalue weighted by Crippen LogP contribution is 2.39. The molecule has 1 unspecified atom stereocenters. The van der Waals surface area contributed by atoms with Gasteiger partial charge in [0.1, 0.15) is 0 Å². The predicted octanol–water partition coefficient (Wildman–Crippen LogP) is 3.56. The monoisotopic (exact) mass is 402 g/mol. The second-order valence-electron chi connectivity index (χ2n) is 8.22. The van der Waals surface area contributed by atoms with Crippen LogP contribution in [0.1, 0.15) is 90.4 Å². The minimum atomic E-state index is -1.98. The number of esters is 1. The number of methoxy groups -OCH3 is 1. The number of aliphatic hydroxyl groups is 3. The zero-order chi connectivity index (χ0) is 20.8. The molecule has 166 valence electrons. The van der Waals surface area contributed by atoms with Crippen LogP contribution < -0.4 is 0 Å². The van der Waals surface area contributed by atoms with E-state index >= 15 is 0 Å². The molecular weight excluding hydrogens is 360 g/mol. The highest BCUT2D eigenvalue weighted by atomic mass is 16.7. The summed E-state index contributed by atoms with van der Waals surface area (Å²) in [6.45, 7) is 1.85. The minimum absolute atomic E-state index is 0.111. The van der Waals surface area contributed by atoms with Gasteiger partial charge in [0, 0.05) is 6.42 Å². The lowest BCUT2D eigenvalue weighted by atomic mass is 9.85. The molecule has 0 aromatic heterocycles. The van der Waals surface area contributed by atoms with Gasteiger partial charge in [0.2, 0.25) is 0 Å². The van der Waals surface area contributed by atoms with Gasteiger partial charge in [0.05, 0.1) is 26.4 Å². The SMILES string of the molecule is CCCCCCC[C@H]1CC[C@H](O)[C@@H]1CCCCCC(O)(OCCO)C(=O)OC. The summed E-state index contributed by atoms with van der Waals surface area (Å²) < 4.78 is 9.72. The van der Waals surface area contributed by atoms with Crippen molar-refractivity contribution in [3.8, 4) is 0 Å². The van der Waals surface area contributed by atoms with Gasteiger partial charge in [-0.1, -0.05) is 58.3 Å². The van der Waals surface area contributed by atoms with Crippen LogP contribution >= 0.6 is 0 Å². The van der Waals surface area contributed by atoms with E-state index in [4.69, 9.17) is 9.84 Å². The van der Waals surface area contributed by atoms with Gasteiger partial charge in [-0.15, -0.1) is 0 Å². The van der Waals surface area contributed by atoms with Crippen molar-refractivity contribution in [2.24, 2.45) is 11.8 Å². The normalized spacial score (nSPS) is 24.2. The number of ether oxygens (including phenoxy) is 2. The van der Waals surface area contributed by atoms with Crippen molar-refractivity contribution in [3.63, 3.8) is 0 Å². The van der Waals surface area contributed by atoms with E-state index in [0.717, 1.165) is 32.1 Å². The number of carbonyl (C=O) groups is 1. The summed E-state index contributed by atoms with van der Waals surface area (Å²) in [4.78, 5) is 11.8. The highest BCUT2D eigenvalue weighted by molar-refractivity contribution is 5.77. The third-order valence-corrected chi connectivity index (χ3v) is 6.10. The molecule has 1 saturated carbocycles. The highest BCUT2D eigenvalue weighted by Gasteiger charge is 2.38. The van der Waals surface area contributed by atoms with Crippen molar-refractivity contribution >= 4 is 5.97 Å². The van der Waals surface area contributed by atoms with Crippen LogP contribution in [-0.4, -0.2) is 53.5 Å². The molecular formula is C22H42O6. The van der Waals surface area contributed by atoms with E-state index in [-0.39, 0.29) is 25.7 Å². The van der Waals surface area contributed by atoms with E-state index in [1.54, 1.807) is 0 Å². The molecule has 6 heteroatoms. The number of rotatable bonds is 16. The third-order valence-electron chi connectivity index (χ3n) is 6.10. The number of unbranched alkanes of at least 4 members (excludes halogenated alkanes) is 6. The molecule has 0 radical (unpaired) electrons. The average molecular weight is 403 g/mol. The fraction of sp³-hybridized carbons (Fsp3) is 0.955. The Morgan fingerprint density at radius 1 is 1.04 bits per heavy atom. The molecule has 1 fully saturated rings. The topological polar surface area (TPSA) is 96.2 Å². The Morgan fingerprint density at radius 3 is 2.39 bits per heavy atom. The number of hydrogen-bond donors (Lipinski definition) is 3. The molecule has 1 aliphatic rings. The van der Waals surface area contributed by atoms with Crippen LogP contribution in [0.4, 0.5) is 0 Å². The van der Waals surface area contributed by atoms with E-state index in [1.165, 1.54) is 45.6 Å². The number of aliphatic hydroxyl groups excluding tert-OH is 2. The molecule has 0 aliphatic heterocycles. The second-order valence-corrected chi connectivity index (χ2v) is 8.22. The summed E-state index contributed by atoms with van der Waals surface area (Å²) in [5.74, 6) is -1.78. The van der Waals surface area contributed by atoms with E-state index < -0.39 is 11.8 Å². The first-order chi connectivity index (χ1) is 13.5. The third kappa shape index (κ3) is 8.76. The molecule has 3 N–H and O–H groups in total. The lowest BCUT2D eigenvalue weighted by Gasteiger charge is -2.25. The molecule has 4 atom stereocenters. The van der Waals surface area contributed by atoms with Crippen molar-refractivity contribution in [1.82, 2.24) is 0 Å². The first-order valence-electron chi connectivity index (χ1n) is 11.2. The van der Waals surface area contributed by atoms with Crippen molar-refractivity contribution in [1.29, 1.82) is 0 Å². The Kier molecular flexibility index (Phi) is 13.0. The predicted molar refractivity (Wildman–Crippen MR) is 109 cm³/mol. The maximum atomic E-state index is 11.8. The van der Waals surface area contributed by atoms with Gasteiger partial charge in [-0.3, -0.25) is 0 Å². The summed E-state index contributed by atoms with van der Waals surface area (Å²) >= 11 is 0. The minimum Gasteiger partial charge on any atom is -0.465 e. The molecule has 0 heterocycles. The molecule has 6 nitrogen and oxygen atoms in total. The first-order valence-corrected chi connectivity index (χ1v) is 11.2. The second kappa shape index (κ2) is 14.3. The average Bonchev–Trinajstić information content (AvgIpc) is 3.05. The molecule has 0 bridgehead atoms. The van der Waals surface area contributed by atoms with Crippen LogP contribution in [0.15, 0.2) is 0 Å². The largest absolute Gasteiger partial charge is 0.465 e. The smallest absolute Gasteiger partial charge is 0.366 e. The molecule has 0 aromatic carbocycles. The number of hydrogen-bond acceptors (Lipinski definition) is 6. The fourth-order valence-electron chi connectivity index (χ4n) is 4.45. The number of carbonyl (C=O) groups excluding carboxylic acids is 1. The summed E-state index contributed by atoms with van der Waals surface area (Å²) in [7, 11) is 1.21. The quantitative estimate of drug-likeness (QED) is 0.208. The summed E-state index contributed by atoms with van der Waals surface area (Å²) in [5.41, 5.74) is 0. The zero-order valence-electron chi connectivity index (χ0n) is 17.9. The zero-order valence-corrected chi connectivity index (χ0v) is 17.9. The van der Waals surface area contributed by atoms with Gasteiger partial charge in [-0.2, -0.15) is 0 Å². The van der Waals surface area contributed by atoms with Crippen LogP contribution in [0.5, 0.6) is 0 Å². The fourth-order valence-corrected chi connectivity index (χ4v) is 4.45. The Labute approximate surface area is 170 Å². The summed E-state index contributed by atoms with van der Waals surface area (Å²) in [6, 6.07) is 0. The van der Waals surface area contributed by atoms with Gasteiger partial charge >= 0.3 is 5.97 Å². The van der Waals surface area contributed by atoms with Gasteiger partial charge in [0.25, 0.3) is 5.79 Å². The van der Waals surface area contributed by atoms with Crippen molar-refractivity contribution in [2.45, 2.75) is 102 Å². The molecule has 0 spiro atoms. The van der Waals surface area contributed by atoms with E-state index in [0.29, 0.717) is 18.3 Å². The van der Waals surface area contributed by atoms with Crippen molar-refractivity contribution in [3.05, 3.63) is 0 Å². The van der Waals surface area contributed by atoms with Gasteiger partial charge < -0.3 is 24.8 Å². The Morgan fingerprint density at radius 2 is 1.71 bits per heavy atom. The standard InChI is InChI=1S/C22H42O6/c1-3-4-5-6-8-11-18-13-14-20(24)19(18)12-9-7-10-15-22(26,21(25)27-2)28-17-16-23/h18-20,23-24,26H,3-17H2,1-2H3/t18-,19+,20-,22?/m0/s1. The van der Waals surface area contributed by atoms with Crippen LogP contribution in [0, 0.1) is 11.8 Å². The molecule has 0 amide bonds. The Hall–Kier alpha value is -0.690. The van der Waals surface area contributed by atoms with Gasteiger partial charge in [-0.05, 0) is 37.5 Å². The first kappa shape index (κ1) is 25.3. The van der Waals surface area contributed by atoms with Crippen LogP contribution in [0.2, 0.25) is 0 Å². The molecule has 1 rings (SSSR count). The molecule has 0 aromatic rings. The Balaban J connectivity index is 2.30. The Bertz CT molecular complexity index is 416. The van der Waals surface area contributed by atoms with Crippen LogP contribution in [-0.2, 0) is 14.3 Å². The van der Waals surface area contributed by atoms with E-state index in [9.17, 15) is 15.0 Å². The van der Waals surface area contributed by atoms with E-state index in [2.05, 4.69) is 11.7 Å². The van der Waals surface area contributed by atoms with Gasteiger partial charge in [-0.25, -0.2) is 4.79 Å². The summed E-state index contributed by atoms with van der Waals surface area (Å²) in [5, 5.41) is 29.5. The summed E-state index contributed by atoms with van der Waals surface area (Å²) in [6.07, 6.45) is 13.1. The lowest BCUT2D eigenvalue weighted by molar-refractivity contribution is -0.231. The van der Waals surface area contributed by atoms with Crippen LogP contribution in [0.25, 0.3) is 0 Å². The molecule has 1 aliphatic carbocycles. The van der Waals surface area contributed by atoms with Crippen molar-refractivity contribution in [2.75, 3.05) is 20.3 Å². The van der Waals surface area contributed by atoms with Crippen LogP contribution in [0.3, 0.4) is 0 Å². The van der Waals surface area contributed by atoms with Crippen molar-refractivity contribution < 1.29 is 29.6 Å². The molecule has 28 heavy (non-hydrogen) atoms. The maximum Gasteiger partial charge on any atom is 0.366 e. The van der Waals surface area contributed by atoms with Gasteiger partial charge in [0.15, 0.2) is 0 Å². The molecule has 0 saturated heterocycles.